The fourth-order valence-corrected chi connectivity index (χ4v) is 2.16. The predicted octanol–water partition coefficient (Wildman–Crippen LogP) is 2.42. The molecule has 0 radical (unpaired) electrons. The van der Waals surface area contributed by atoms with Crippen LogP contribution >= 0.6 is 0 Å². The number of amides is 1. The van der Waals surface area contributed by atoms with Gasteiger partial charge < -0.3 is 15.2 Å². The monoisotopic (exact) mass is 299 g/mol. The van der Waals surface area contributed by atoms with Crippen molar-refractivity contribution in [2.45, 2.75) is 19.4 Å². The molecule has 22 heavy (non-hydrogen) atoms. The molecular weight excluding hydrogens is 278 g/mol. The minimum Gasteiger partial charge on any atom is -0.494 e. The fraction of sp³-hybridized carbons (Fsp3) is 0.278. The van der Waals surface area contributed by atoms with Gasteiger partial charge in [0.15, 0.2) is 0 Å². The lowest BCUT2D eigenvalue weighted by Gasteiger charge is -2.12. The summed E-state index contributed by atoms with van der Waals surface area (Å²) < 4.78 is 5.37. The van der Waals surface area contributed by atoms with Crippen LogP contribution < -0.4 is 10.1 Å². The number of hydrogen-bond donors (Lipinski definition) is 2. The third-order valence-corrected chi connectivity index (χ3v) is 3.22. The van der Waals surface area contributed by atoms with E-state index in [1.807, 2.05) is 43.3 Å². The molecule has 116 valence electrons. The van der Waals surface area contributed by atoms with E-state index in [1.54, 1.807) is 18.2 Å². The number of nitrogens with one attached hydrogen (secondary N) is 1. The summed E-state index contributed by atoms with van der Waals surface area (Å²) >= 11 is 0. The van der Waals surface area contributed by atoms with Crippen molar-refractivity contribution in [3.05, 3.63) is 65.7 Å². The van der Waals surface area contributed by atoms with Gasteiger partial charge in [0.2, 0.25) is 0 Å². The quantitative estimate of drug-likeness (QED) is 0.825. The second-order valence-corrected chi connectivity index (χ2v) is 5.01. The number of aliphatic hydroxyl groups is 1. The molecule has 2 rings (SSSR count). The van der Waals surface area contributed by atoms with Gasteiger partial charge in [-0.15, -0.1) is 0 Å². The molecule has 0 aliphatic rings. The largest absolute Gasteiger partial charge is 0.494 e. The lowest BCUT2D eigenvalue weighted by molar-refractivity contribution is 0.0915. The molecule has 0 saturated heterocycles. The van der Waals surface area contributed by atoms with Gasteiger partial charge >= 0.3 is 0 Å². The van der Waals surface area contributed by atoms with Crippen molar-refractivity contribution in [1.29, 1.82) is 0 Å². The summed E-state index contributed by atoms with van der Waals surface area (Å²) in [5.74, 6) is 0.452. The number of carbonyl (C=O) groups is 1. The Morgan fingerprint density at radius 3 is 2.68 bits per heavy atom. The van der Waals surface area contributed by atoms with E-state index in [0.29, 0.717) is 24.3 Å². The van der Waals surface area contributed by atoms with Crippen LogP contribution in [0.25, 0.3) is 0 Å². The molecule has 4 nitrogen and oxygen atoms in total. The molecule has 0 unspecified atom stereocenters. The Kier molecular flexibility index (Phi) is 5.98. The number of rotatable bonds is 7. The van der Waals surface area contributed by atoms with Crippen LogP contribution in [0.2, 0.25) is 0 Å². The van der Waals surface area contributed by atoms with Crippen LogP contribution in [0, 0.1) is 0 Å². The number of hydrogen-bond acceptors (Lipinski definition) is 3. The maximum Gasteiger partial charge on any atom is 0.251 e. The summed E-state index contributed by atoms with van der Waals surface area (Å²) in [6, 6.07) is 16.7. The van der Waals surface area contributed by atoms with Crippen LogP contribution in [0.5, 0.6) is 5.75 Å². The standard InChI is InChI=1S/C18H21NO3/c1-2-22-17-10-6-9-15(12-17)18(21)19-13-16(20)11-14-7-4-3-5-8-14/h3-10,12,16,20H,2,11,13H2,1H3,(H,19,21)/t16-/m1/s1. The molecule has 2 aromatic rings. The van der Waals surface area contributed by atoms with E-state index in [9.17, 15) is 9.90 Å². The summed E-state index contributed by atoms with van der Waals surface area (Å²) in [7, 11) is 0. The molecule has 2 N–H and O–H groups in total. The number of ether oxygens (including phenoxy) is 1. The summed E-state index contributed by atoms with van der Waals surface area (Å²) in [4.78, 5) is 12.1. The first-order chi connectivity index (χ1) is 10.7. The predicted molar refractivity (Wildman–Crippen MR) is 86.1 cm³/mol. The van der Waals surface area contributed by atoms with Crippen molar-refractivity contribution < 1.29 is 14.6 Å². The molecule has 1 atom stereocenters. The van der Waals surface area contributed by atoms with E-state index in [-0.39, 0.29) is 12.5 Å². The van der Waals surface area contributed by atoms with Gasteiger partial charge in [0.05, 0.1) is 12.7 Å². The highest BCUT2D eigenvalue weighted by atomic mass is 16.5. The highest BCUT2D eigenvalue weighted by molar-refractivity contribution is 5.94. The van der Waals surface area contributed by atoms with Gasteiger partial charge in [0.25, 0.3) is 5.91 Å². The van der Waals surface area contributed by atoms with Crippen molar-refractivity contribution in [1.82, 2.24) is 5.32 Å². The fourth-order valence-electron chi connectivity index (χ4n) is 2.16. The van der Waals surface area contributed by atoms with Gasteiger partial charge in [-0.3, -0.25) is 4.79 Å². The topological polar surface area (TPSA) is 58.6 Å². The third-order valence-electron chi connectivity index (χ3n) is 3.22. The Morgan fingerprint density at radius 2 is 1.95 bits per heavy atom. The third kappa shape index (κ3) is 4.90. The molecule has 0 aliphatic carbocycles. The van der Waals surface area contributed by atoms with Crippen molar-refractivity contribution in [2.24, 2.45) is 0 Å². The zero-order valence-electron chi connectivity index (χ0n) is 12.7. The van der Waals surface area contributed by atoms with E-state index >= 15 is 0 Å². The minimum atomic E-state index is -0.610. The van der Waals surface area contributed by atoms with Gasteiger partial charge in [0, 0.05) is 18.5 Å². The second kappa shape index (κ2) is 8.20. The first-order valence-electron chi connectivity index (χ1n) is 7.42. The molecule has 0 aromatic heterocycles. The van der Waals surface area contributed by atoms with Crippen LogP contribution in [-0.2, 0) is 6.42 Å². The van der Waals surface area contributed by atoms with Gasteiger partial charge in [0.1, 0.15) is 5.75 Å². The summed E-state index contributed by atoms with van der Waals surface area (Å²) in [6.07, 6.45) is -0.0958. The van der Waals surface area contributed by atoms with Gasteiger partial charge in [-0.05, 0) is 30.7 Å². The lowest BCUT2D eigenvalue weighted by atomic mass is 10.1. The Hall–Kier alpha value is -2.33. The number of aliphatic hydroxyl groups excluding tert-OH is 1. The number of benzene rings is 2. The first-order valence-corrected chi connectivity index (χ1v) is 7.42. The summed E-state index contributed by atoms with van der Waals surface area (Å²) in [5, 5.41) is 12.7. The highest BCUT2D eigenvalue weighted by Gasteiger charge is 2.10. The Morgan fingerprint density at radius 1 is 1.18 bits per heavy atom. The molecule has 2 aromatic carbocycles. The highest BCUT2D eigenvalue weighted by Crippen LogP contribution is 2.13. The smallest absolute Gasteiger partial charge is 0.251 e. The zero-order valence-corrected chi connectivity index (χ0v) is 12.7. The van der Waals surface area contributed by atoms with Gasteiger partial charge in [-0.25, -0.2) is 0 Å². The second-order valence-electron chi connectivity index (χ2n) is 5.01. The Bertz CT molecular complexity index is 598. The molecule has 0 aliphatic heterocycles. The number of carbonyl (C=O) groups excluding carboxylic acids is 1. The van der Waals surface area contributed by atoms with Crippen molar-refractivity contribution in [2.75, 3.05) is 13.2 Å². The van der Waals surface area contributed by atoms with E-state index in [0.717, 1.165) is 5.56 Å². The van der Waals surface area contributed by atoms with Crippen molar-refractivity contribution >= 4 is 5.91 Å². The maximum absolute atomic E-state index is 12.1. The van der Waals surface area contributed by atoms with E-state index in [2.05, 4.69) is 5.32 Å². The zero-order chi connectivity index (χ0) is 15.8. The average Bonchev–Trinajstić information content (AvgIpc) is 2.54. The molecule has 0 saturated carbocycles. The lowest BCUT2D eigenvalue weighted by Crippen LogP contribution is -2.33. The molecule has 0 bridgehead atoms. The van der Waals surface area contributed by atoms with E-state index in [4.69, 9.17) is 4.74 Å². The Balaban J connectivity index is 1.85. The molecule has 0 spiro atoms. The molecule has 0 fully saturated rings. The van der Waals surface area contributed by atoms with Crippen molar-refractivity contribution in [3.8, 4) is 5.75 Å². The van der Waals surface area contributed by atoms with Crippen LogP contribution in [0.3, 0.4) is 0 Å². The van der Waals surface area contributed by atoms with Gasteiger partial charge in [-0.1, -0.05) is 36.4 Å². The molecule has 1 amide bonds. The normalized spacial score (nSPS) is 11.7. The SMILES string of the molecule is CCOc1cccc(C(=O)NC[C@H](O)Cc2ccccc2)c1. The molecular formula is C18H21NO3. The maximum atomic E-state index is 12.1. The van der Waals surface area contributed by atoms with E-state index < -0.39 is 6.10 Å². The van der Waals surface area contributed by atoms with E-state index in [1.165, 1.54) is 0 Å². The summed E-state index contributed by atoms with van der Waals surface area (Å²) in [5.41, 5.74) is 1.57. The van der Waals surface area contributed by atoms with Crippen LogP contribution in [-0.4, -0.2) is 30.3 Å². The molecule has 0 heterocycles. The first kappa shape index (κ1) is 16.0. The van der Waals surface area contributed by atoms with Crippen LogP contribution in [0.1, 0.15) is 22.8 Å². The van der Waals surface area contributed by atoms with Crippen LogP contribution in [0.15, 0.2) is 54.6 Å². The summed E-state index contributed by atoms with van der Waals surface area (Å²) in [6.45, 7) is 2.67. The minimum absolute atomic E-state index is 0.214. The Labute approximate surface area is 130 Å². The van der Waals surface area contributed by atoms with Crippen molar-refractivity contribution in [3.63, 3.8) is 0 Å². The van der Waals surface area contributed by atoms with Crippen LogP contribution in [0.4, 0.5) is 0 Å². The average molecular weight is 299 g/mol. The van der Waals surface area contributed by atoms with Gasteiger partial charge in [-0.2, -0.15) is 0 Å². The molecule has 4 heteroatoms.